The summed E-state index contributed by atoms with van der Waals surface area (Å²) in [6.45, 7) is 0. The summed E-state index contributed by atoms with van der Waals surface area (Å²) in [4.78, 5) is 33.7. The molecule has 0 atom stereocenters. The van der Waals surface area contributed by atoms with Gasteiger partial charge >= 0.3 is 0 Å². The fourth-order valence-corrected chi connectivity index (χ4v) is 2.85. The van der Waals surface area contributed by atoms with Crippen LogP contribution in [0.25, 0.3) is 0 Å². The number of nitrogens with zero attached hydrogens (tertiary/aromatic N) is 2. The van der Waals surface area contributed by atoms with Gasteiger partial charge in [0.05, 0.1) is 5.75 Å². The van der Waals surface area contributed by atoms with Gasteiger partial charge < -0.3 is 10.3 Å². The number of benzene rings is 1. The van der Waals surface area contributed by atoms with Crippen LogP contribution in [0.15, 0.2) is 71.0 Å². The van der Waals surface area contributed by atoms with E-state index in [1.54, 1.807) is 12.4 Å². The maximum atomic E-state index is 12.0. The van der Waals surface area contributed by atoms with E-state index in [-0.39, 0.29) is 17.2 Å². The molecule has 25 heavy (non-hydrogen) atoms. The predicted octanol–water partition coefficient (Wildman–Crippen LogP) is 2.49. The summed E-state index contributed by atoms with van der Waals surface area (Å²) in [6.07, 6.45) is 5.78. The highest BCUT2D eigenvalue weighted by atomic mass is 32.2. The number of nitrogens with one attached hydrogen (secondary N) is 2. The van der Waals surface area contributed by atoms with Gasteiger partial charge in [-0.2, -0.15) is 0 Å². The summed E-state index contributed by atoms with van der Waals surface area (Å²) >= 11 is 1.18. The predicted molar refractivity (Wildman–Crippen MR) is 97.7 cm³/mol. The molecule has 0 saturated carbocycles. The molecular weight excluding hydrogens is 336 g/mol. The van der Waals surface area contributed by atoms with Gasteiger partial charge in [-0.1, -0.05) is 23.9 Å². The molecule has 1 amide bonds. The molecule has 126 valence electrons. The van der Waals surface area contributed by atoms with Crippen LogP contribution in [0.4, 0.5) is 5.69 Å². The highest BCUT2D eigenvalue weighted by Gasteiger charge is 2.05. The fraction of sp³-hybridized carbons (Fsp3) is 0.111. The number of H-pyrrole nitrogens is 1. The van der Waals surface area contributed by atoms with Crippen molar-refractivity contribution in [3.8, 4) is 0 Å². The summed E-state index contributed by atoms with van der Waals surface area (Å²) < 4.78 is 0. The maximum Gasteiger partial charge on any atom is 0.251 e. The average Bonchev–Trinajstić information content (AvgIpc) is 2.63. The number of thioether (sulfide) groups is 1. The van der Waals surface area contributed by atoms with E-state index in [1.165, 1.54) is 29.6 Å². The van der Waals surface area contributed by atoms with Crippen LogP contribution < -0.4 is 10.9 Å². The maximum absolute atomic E-state index is 12.0. The van der Waals surface area contributed by atoms with Crippen LogP contribution in [0.2, 0.25) is 0 Å². The van der Waals surface area contributed by atoms with Crippen LogP contribution in [0.5, 0.6) is 0 Å². The van der Waals surface area contributed by atoms with E-state index < -0.39 is 0 Å². The van der Waals surface area contributed by atoms with Crippen molar-refractivity contribution < 1.29 is 4.79 Å². The molecule has 0 aliphatic carbocycles. The zero-order chi connectivity index (χ0) is 17.5. The molecule has 0 bridgehead atoms. The van der Waals surface area contributed by atoms with Crippen molar-refractivity contribution in [3.05, 3.63) is 82.5 Å². The molecule has 0 fully saturated rings. The Morgan fingerprint density at radius 2 is 1.72 bits per heavy atom. The molecule has 0 aliphatic heterocycles. The molecule has 6 nitrogen and oxygen atoms in total. The van der Waals surface area contributed by atoms with Crippen molar-refractivity contribution in [2.75, 3.05) is 11.1 Å². The minimum atomic E-state index is -0.234. The number of carbonyl (C=O) groups is 1. The van der Waals surface area contributed by atoms with Crippen LogP contribution in [-0.2, 0) is 11.2 Å². The van der Waals surface area contributed by atoms with Crippen molar-refractivity contribution in [1.82, 2.24) is 15.0 Å². The van der Waals surface area contributed by atoms with Gasteiger partial charge in [0, 0.05) is 30.3 Å². The van der Waals surface area contributed by atoms with Crippen molar-refractivity contribution in [2.24, 2.45) is 0 Å². The standard InChI is InChI=1S/C18H16N4O2S/c23-16-7-10-20-18(22-16)25-12-17(24)21-15-3-1-13(2-4-15)11-14-5-8-19-9-6-14/h1-10H,11-12H2,(H,21,24)(H,20,22,23). The normalized spacial score (nSPS) is 10.4. The van der Waals surface area contributed by atoms with Gasteiger partial charge in [-0.05, 0) is 41.8 Å². The van der Waals surface area contributed by atoms with Crippen molar-refractivity contribution in [3.63, 3.8) is 0 Å². The molecular formula is C18H16N4O2S. The van der Waals surface area contributed by atoms with E-state index in [9.17, 15) is 9.59 Å². The minimum Gasteiger partial charge on any atom is -0.325 e. The first kappa shape index (κ1) is 16.9. The second kappa shape index (κ2) is 8.25. The molecule has 1 aromatic carbocycles. The lowest BCUT2D eigenvalue weighted by molar-refractivity contribution is -0.113. The fourth-order valence-electron chi connectivity index (χ4n) is 2.20. The Bertz CT molecular complexity index is 895. The van der Waals surface area contributed by atoms with E-state index >= 15 is 0 Å². The summed E-state index contributed by atoms with van der Waals surface area (Å²) in [7, 11) is 0. The van der Waals surface area contributed by atoms with Gasteiger partial charge in [0.25, 0.3) is 5.56 Å². The topological polar surface area (TPSA) is 87.7 Å². The van der Waals surface area contributed by atoms with Gasteiger partial charge in [-0.3, -0.25) is 14.6 Å². The SMILES string of the molecule is O=C(CSc1nccc(=O)[nH]1)Nc1ccc(Cc2ccncc2)cc1. The number of amides is 1. The summed E-state index contributed by atoms with van der Waals surface area (Å²) in [6, 6.07) is 13.0. The molecule has 0 aliphatic rings. The molecule has 0 saturated heterocycles. The number of carbonyl (C=O) groups excluding carboxylic acids is 1. The van der Waals surface area contributed by atoms with E-state index in [0.717, 1.165) is 17.7 Å². The second-order valence-corrected chi connectivity index (χ2v) is 6.27. The Hall–Kier alpha value is -2.93. The van der Waals surface area contributed by atoms with E-state index in [2.05, 4.69) is 20.3 Å². The lowest BCUT2D eigenvalue weighted by Crippen LogP contribution is -2.15. The Morgan fingerprint density at radius 1 is 1.00 bits per heavy atom. The van der Waals surface area contributed by atoms with Crippen molar-refractivity contribution >= 4 is 23.4 Å². The third kappa shape index (κ3) is 5.29. The molecule has 7 heteroatoms. The Kier molecular flexibility index (Phi) is 5.58. The average molecular weight is 352 g/mol. The quantitative estimate of drug-likeness (QED) is 0.526. The van der Waals surface area contributed by atoms with Crippen LogP contribution in [0.3, 0.4) is 0 Å². The third-order valence-electron chi connectivity index (χ3n) is 3.38. The zero-order valence-corrected chi connectivity index (χ0v) is 14.1. The highest BCUT2D eigenvalue weighted by molar-refractivity contribution is 7.99. The number of hydrogen-bond acceptors (Lipinski definition) is 5. The largest absolute Gasteiger partial charge is 0.325 e. The molecule has 3 aromatic rings. The Labute approximate surface area is 148 Å². The number of anilines is 1. The molecule has 0 radical (unpaired) electrons. The second-order valence-electron chi connectivity index (χ2n) is 5.31. The molecule has 0 unspecified atom stereocenters. The van der Waals surface area contributed by atoms with Gasteiger partial charge in [-0.25, -0.2) is 4.98 Å². The molecule has 2 aromatic heterocycles. The van der Waals surface area contributed by atoms with Crippen LogP contribution >= 0.6 is 11.8 Å². The lowest BCUT2D eigenvalue weighted by atomic mass is 10.1. The molecule has 2 heterocycles. The summed E-state index contributed by atoms with van der Waals surface area (Å²) in [5.41, 5.74) is 2.85. The number of hydrogen-bond donors (Lipinski definition) is 2. The number of aromatic amines is 1. The minimum absolute atomic E-state index is 0.154. The van der Waals surface area contributed by atoms with Crippen LogP contribution in [0.1, 0.15) is 11.1 Å². The highest BCUT2D eigenvalue weighted by Crippen LogP contribution is 2.15. The number of aromatic nitrogens is 3. The third-order valence-corrected chi connectivity index (χ3v) is 4.27. The summed E-state index contributed by atoms with van der Waals surface area (Å²) in [5, 5.41) is 3.25. The lowest BCUT2D eigenvalue weighted by Gasteiger charge is -2.06. The van der Waals surface area contributed by atoms with E-state index in [1.807, 2.05) is 36.4 Å². The van der Waals surface area contributed by atoms with Crippen molar-refractivity contribution in [1.29, 1.82) is 0 Å². The van der Waals surface area contributed by atoms with E-state index in [4.69, 9.17) is 0 Å². The smallest absolute Gasteiger partial charge is 0.251 e. The monoisotopic (exact) mass is 352 g/mol. The number of rotatable bonds is 6. The van der Waals surface area contributed by atoms with Gasteiger partial charge in [0.15, 0.2) is 5.16 Å². The Balaban J connectivity index is 1.52. The molecule has 3 rings (SSSR count). The van der Waals surface area contributed by atoms with Gasteiger partial charge in [0.1, 0.15) is 0 Å². The first-order chi connectivity index (χ1) is 12.2. The Morgan fingerprint density at radius 3 is 2.44 bits per heavy atom. The van der Waals surface area contributed by atoms with Crippen LogP contribution in [-0.4, -0.2) is 26.6 Å². The van der Waals surface area contributed by atoms with Gasteiger partial charge in [-0.15, -0.1) is 0 Å². The number of pyridine rings is 1. The van der Waals surface area contributed by atoms with Crippen LogP contribution in [0, 0.1) is 0 Å². The first-order valence-corrected chi connectivity index (χ1v) is 8.63. The zero-order valence-electron chi connectivity index (χ0n) is 13.3. The molecule has 2 N–H and O–H groups in total. The van der Waals surface area contributed by atoms with Gasteiger partial charge in [0.2, 0.25) is 5.91 Å². The molecule has 0 spiro atoms. The first-order valence-electron chi connectivity index (χ1n) is 7.65. The van der Waals surface area contributed by atoms with E-state index in [0.29, 0.717) is 5.16 Å². The summed E-state index contributed by atoms with van der Waals surface area (Å²) in [5.74, 6) is 0.0181. The van der Waals surface area contributed by atoms with Crippen molar-refractivity contribution in [2.45, 2.75) is 11.6 Å².